The number of carbonyl (C=O) groups is 1. The van der Waals surface area contributed by atoms with Crippen LogP contribution in [0.3, 0.4) is 0 Å². The number of halogens is 1. The molecule has 0 saturated carbocycles. The lowest BCUT2D eigenvalue weighted by molar-refractivity contribution is -0.127. The molecule has 146 valence electrons. The van der Waals surface area contributed by atoms with Gasteiger partial charge in [0.05, 0.1) is 17.8 Å². The van der Waals surface area contributed by atoms with E-state index in [1.165, 1.54) is 12.1 Å². The van der Waals surface area contributed by atoms with Crippen molar-refractivity contribution in [1.82, 2.24) is 15.1 Å². The van der Waals surface area contributed by atoms with Crippen LogP contribution in [0.25, 0.3) is 0 Å². The van der Waals surface area contributed by atoms with Gasteiger partial charge < -0.3 is 5.32 Å². The van der Waals surface area contributed by atoms with E-state index in [0.29, 0.717) is 32.7 Å². The fraction of sp³-hybridized carbons (Fsp3) is 0.588. The Hall–Kier alpha value is -1.55. The first kappa shape index (κ1) is 20.8. The summed E-state index contributed by atoms with van der Waals surface area (Å²) < 4.78 is 35.1. The number of nitrogens with zero attached hydrogens (tertiary/aromatic N) is 2. The first-order chi connectivity index (χ1) is 12.2. The number of primary sulfonamides is 1. The van der Waals surface area contributed by atoms with E-state index in [0.717, 1.165) is 5.56 Å². The van der Waals surface area contributed by atoms with Gasteiger partial charge in [-0.2, -0.15) is 0 Å². The Kier molecular flexibility index (Phi) is 7.10. The molecule has 26 heavy (non-hydrogen) atoms. The molecule has 1 heterocycles. The van der Waals surface area contributed by atoms with Crippen molar-refractivity contribution in [2.24, 2.45) is 5.14 Å². The van der Waals surface area contributed by atoms with Crippen molar-refractivity contribution < 1.29 is 17.6 Å². The fourth-order valence-corrected chi connectivity index (χ4v) is 3.48. The molecule has 0 spiro atoms. The first-order valence-electron chi connectivity index (χ1n) is 8.68. The molecular weight excluding hydrogens is 359 g/mol. The van der Waals surface area contributed by atoms with Crippen LogP contribution in [0, 0.1) is 5.82 Å². The van der Waals surface area contributed by atoms with Crippen LogP contribution in [0.2, 0.25) is 0 Å². The van der Waals surface area contributed by atoms with Crippen LogP contribution in [-0.2, 0) is 14.8 Å². The molecule has 3 N–H and O–H groups in total. The summed E-state index contributed by atoms with van der Waals surface area (Å²) in [4.78, 5) is 16.6. The molecule has 0 aromatic heterocycles. The molecule has 1 aliphatic heterocycles. The lowest BCUT2D eigenvalue weighted by atomic mass is 10.1. The Morgan fingerprint density at radius 1 is 1.19 bits per heavy atom. The zero-order valence-corrected chi connectivity index (χ0v) is 16.0. The minimum atomic E-state index is -3.45. The molecule has 0 unspecified atom stereocenters. The average molecular weight is 386 g/mol. The third kappa shape index (κ3) is 6.31. The maximum atomic E-state index is 13.0. The predicted octanol–water partition coefficient (Wildman–Crippen LogP) is 0.298. The number of benzene rings is 1. The van der Waals surface area contributed by atoms with Crippen LogP contribution < -0.4 is 10.5 Å². The molecule has 0 radical (unpaired) electrons. The van der Waals surface area contributed by atoms with Gasteiger partial charge in [-0.3, -0.25) is 14.6 Å². The Balaban J connectivity index is 1.80. The smallest absolute Gasteiger partial charge is 0.237 e. The van der Waals surface area contributed by atoms with Crippen molar-refractivity contribution in [2.45, 2.75) is 25.9 Å². The summed E-state index contributed by atoms with van der Waals surface area (Å²) >= 11 is 0. The molecule has 1 saturated heterocycles. The molecule has 1 fully saturated rings. The van der Waals surface area contributed by atoms with Crippen molar-refractivity contribution in [2.75, 3.05) is 38.5 Å². The highest BCUT2D eigenvalue weighted by Crippen LogP contribution is 2.14. The van der Waals surface area contributed by atoms with Crippen LogP contribution in [0.15, 0.2) is 24.3 Å². The Labute approximate surface area is 154 Å². The molecule has 2 rings (SSSR count). The number of hydrogen-bond acceptors (Lipinski definition) is 5. The summed E-state index contributed by atoms with van der Waals surface area (Å²) in [6, 6.07) is 5.58. The standard InChI is InChI=1S/C17H27FN4O3S/c1-13(15-3-5-16(18)6-4-15)20-17(23)14(2)22-9-7-21(8-10-22)11-12-26(19,24)25/h3-6,13-14H,7-12H2,1-2H3,(H,20,23)(H2,19,24,25)/t13-,14+/m1/s1. The molecule has 1 amide bonds. The van der Waals surface area contributed by atoms with Crippen molar-refractivity contribution in [1.29, 1.82) is 0 Å². The zero-order chi connectivity index (χ0) is 19.3. The molecule has 1 aromatic carbocycles. The van der Waals surface area contributed by atoms with Gasteiger partial charge in [-0.05, 0) is 31.5 Å². The molecule has 0 aliphatic carbocycles. The molecule has 2 atom stereocenters. The zero-order valence-electron chi connectivity index (χ0n) is 15.2. The molecule has 7 nitrogen and oxygen atoms in total. The average Bonchev–Trinajstić information content (AvgIpc) is 2.59. The SMILES string of the molecule is C[C@@H](NC(=O)[C@H](C)N1CCN(CCS(N)(=O)=O)CC1)c1ccc(F)cc1. The van der Waals surface area contributed by atoms with E-state index in [-0.39, 0.29) is 29.6 Å². The van der Waals surface area contributed by atoms with Gasteiger partial charge >= 0.3 is 0 Å². The van der Waals surface area contributed by atoms with Gasteiger partial charge in [-0.25, -0.2) is 17.9 Å². The number of nitrogens with two attached hydrogens (primary N) is 1. The van der Waals surface area contributed by atoms with Gasteiger partial charge in [0, 0.05) is 32.7 Å². The van der Waals surface area contributed by atoms with Crippen LogP contribution in [0.5, 0.6) is 0 Å². The summed E-state index contributed by atoms with van der Waals surface area (Å²) in [6.45, 7) is 6.89. The normalized spacial score (nSPS) is 19.1. The van der Waals surface area contributed by atoms with Gasteiger partial charge in [0.2, 0.25) is 15.9 Å². The molecular formula is C17H27FN4O3S. The summed E-state index contributed by atoms with van der Waals surface area (Å²) in [6.07, 6.45) is 0. The summed E-state index contributed by atoms with van der Waals surface area (Å²) in [5.41, 5.74) is 0.847. The number of amides is 1. The van der Waals surface area contributed by atoms with E-state index < -0.39 is 10.0 Å². The van der Waals surface area contributed by atoms with Crippen LogP contribution in [0.1, 0.15) is 25.5 Å². The number of piperazine rings is 1. The van der Waals surface area contributed by atoms with Gasteiger partial charge in [0.15, 0.2) is 0 Å². The Morgan fingerprint density at radius 3 is 2.31 bits per heavy atom. The highest BCUT2D eigenvalue weighted by atomic mass is 32.2. The second-order valence-electron chi connectivity index (χ2n) is 6.70. The molecule has 1 aromatic rings. The number of carbonyl (C=O) groups excluding carboxylic acids is 1. The predicted molar refractivity (Wildman–Crippen MR) is 98.4 cm³/mol. The Bertz CT molecular complexity index is 703. The maximum Gasteiger partial charge on any atom is 0.237 e. The first-order valence-corrected chi connectivity index (χ1v) is 10.4. The highest BCUT2D eigenvalue weighted by molar-refractivity contribution is 7.89. The van der Waals surface area contributed by atoms with Crippen molar-refractivity contribution in [3.05, 3.63) is 35.6 Å². The maximum absolute atomic E-state index is 13.0. The van der Waals surface area contributed by atoms with Gasteiger partial charge in [0.25, 0.3) is 0 Å². The quantitative estimate of drug-likeness (QED) is 0.703. The largest absolute Gasteiger partial charge is 0.348 e. The van der Waals surface area contributed by atoms with E-state index in [1.807, 2.05) is 18.7 Å². The highest BCUT2D eigenvalue weighted by Gasteiger charge is 2.26. The summed E-state index contributed by atoms with van der Waals surface area (Å²) in [7, 11) is -3.45. The van der Waals surface area contributed by atoms with Gasteiger partial charge in [-0.15, -0.1) is 0 Å². The van der Waals surface area contributed by atoms with E-state index in [2.05, 4.69) is 10.2 Å². The minimum Gasteiger partial charge on any atom is -0.348 e. The van der Waals surface area contributed by atoms with Crippen LogP contribution >= 0.6 is 0 Å². The van der Waals surface area contributed by atoms with E-state index >= 15 is 0 Å². The van der Waals surface area contributed by atoms with E-state index in [4.69, 9.17) is 5.14 Å². The molecule has 1 aliphatic rings. The fourth-order valence-electron chi connectivity index (χ4n) is 2.97. The lowest BCUT2D eigenvalue weighted by Crippen LogP contribution is -2.54. The number of hydrogen-bond donors (Lipinski definition) is 2. The topological polar surface area (TPSA) is 95.7 Å². The number of sulfonamides is 1. The van der Waals surface area contributed by atoms with Crippen molar-refractivity contribution in [3.8, 4) is 0 Å². The van der Waals surface area contributed by atoms with Gasteiger partial charge in [-0.1, -0.05) is 12.1 Å². The minimum absolute atomic E-state index is 0.0573. The van der Waals surface area contributed by atoms with Crippen molar-refractivity contribution in [3.63, 3.8) is 0 Å². The monoisotopic (exact) mass is 386 g/mol. The second-order valence-corrected chi connectivity index (χ2v) is 8.44. The number of nitrogens with one attached hydrogen (secondary N) is 1. The number of rotatable bonds is 7. The molecule has 9 heteroatoms. The van der Waals surface area contributed by atoms with Gasteiger partial charge in [0.1, 0.15) is 5.82 Å². The van der Waals surface area contributed by atoms with Crippen LogP contribution in [0.4, 0.5) is 4.39 Å². The Morgan fingerprint density at radius 2 is 1.77 bits per heavy atom. The van der Waals surface area contributed by atoms with E-state index in [9.17, 15) is 17.6 Å². The summed E-state index contributed by atoms with van der Waals surface area (Å²) in [5.74, 6) is -0.446. The third-order valence-electron chi connectivity index (χ3n) is 4.75. The molecule has 0 bridgehead atoms. The lowest BCUT2D eigenvalue weighted by Gasteiger charge is -2.37. The van der Waals surface area contributed by atoms with E-state index in [1.54, 1.807) is 12.1 Å². The summed E-state index contributed by atoms with van der Waals surface area (Å²) in [5, 5.41) is 7.99. The third-order valence-corrected chi connectivity index (χ3v) is 5.51. The van der Waals surface area contributed by atoms with Crippen LogP contribution in [-0.4, -0.2) is 68.6 Å². The van der Waals surface area contributed by atoms with Crippen molar-refractivity contribution >= 4 is 15.9 Å². The second kappa shape index (κ2) is 8.90.